The van der Waals surface area contributed by atoms with Crippen molar-refractivity contribution in [3.63, 3.8) is 0 Å². The summed E-state index contributed by atoms with van der Waals surface area (Å²) in [4.78, 5) is 24.8. The molecule has 0 aliphatic heterocycles. The van der Waals surface area contributed by atoms with E-state index < -0.39 is 0 Å². The lowest BCUT2D eigenvalue weighted by molar-refractivity contribution is -0.108. The van der Waals surface area contributed by atoms with Crippen LogP contribution in [0.1, 0.15) is 0 Å². The molecule has 0 radical (unpaired) electrons. The highest BCUT2D eigenvalue weighted by molar-refractivity contribution is 5.73. The molecular formula is C11H10N4O2. The number of aromatic nitrogens is 3. The monoisotopic (exact) mass is 230 g/mol. The second-order valence-corrected chi connectivity index (χ2v) is 3.26. The van der Waals surface area contributed by atoms with Crippen molar-refractivity contribution in [1.82, 2.24) is 14.8 Å². The fraction of sp³-hybridized carbons (Fsp3) is 0.0909. The minimum Gasteiger partial charge on any atom is -0.314 e. The van der Waals surface area contributed by atoms with E-state index in [4.69, 9.17) is 0 Å². The van der Waals surface area contributed by atoms with Gasteiger partial charge in [-0.2, -0.15) is 5.10 Å². The van der Waals surface area contributed by atoms with E-state index in [2.05, 4.69) is 15.4 Å². The van der Waals surface area contributed by atoms with Crippen molar-refractivity contribution in [2.24, 2.45) is 0 Å². The first-order valence-corrected chi connectivity index (χ1v) is 4.97. The molecule has 2 aromatic rings. The first-order chi connectivity index (χ1) is 8.35. The van der Waals surface area contributed by atoms with E-state index >= 15 is 0 Å². The second-order valence-electron chi connectivity index (χ2n) is 3.26. The summed E-state index contributed by atoms with van der Waals surface area (Å²) < 4.78 is 1.43. The summed E-state index contributed by atoms with van der Waals surface area (Å²) in [6, 6.07) is 5.31. The van der Waals surface area contributed by atoms with Crippen LogP contribution < -0.4 is 5.32 Å². The Bertz CT molecular complexity index is 494. The number of nitrogens with zero attached hydrogens (tertiary/aromatic N) is 3. The van der Waals surface area contributed by atoms with Gasteiger partial charge in [-0.15, -0.1) is 0 Å². The Morgan fingerprint density at radius 1 is 1.29 bits per heavy atom. The van der Waals surface area contributed by atoms with Crippen LogP contribution in [0.2, 0.25) is 0 Å². The van der Waals surface area contributed by atoms with Crippen LogP contribution in [0.4, 0.5) is 5.82 Å². The molecule has 0 saturated carbocycles. The number of carbonyl (C=O) groups is 2. The van der Waals surface area contributed by atoms with E-state index in [9.17, 15) is 9.59 Å². The maximum absolute atomic E-state index is 10.5. The first-order valence-electron chi connectivity index (χ1n) is 4.97. The predicted octanol–water partition coefficient (Wildman–Crippen LogP) is 0.712. The maximum atomic E-state index is 10.5. The highest BCUT2D eigenvalue weighted by Crippen LogP contribution is 2.20. The number of nitrogens with one attached hydrogen (secondary N) is 1. The van der Waals surface area contributed by atoms with E-state index in [1.54, 1.807) is 30.6 Å². The molecule has 2 rings (SSSR count). The molecule has 6 nitrogen and oxygen atoms in total. The maximum Gasteiger partial charge on any atom is 0.212 e. The number of pyridine rings is 1. The zero-order valence-corrected chi connectivity index (χ0v) is 8.91. The first kappa shape index (κ1) is 11.0. The summed E-state index contributed by atoms with van der Waals surface area (Å²) in [6.45, 7) is 0.0985. The molecule has 1 amide bonds. The van der Waals surface area contributed by atoms with Gasteiger partial charge >= 0.3 is 0 Å². The van der Waals surface area contributed by atoms with Crippen molar-refractivity contribution in [2.75, 3.05) is 5.32 Å². The lowest BCUT2D eigenvalue weighted by Gasteiger charge is -1.99. The Morgan fingerprint density at radius 2 is 2.06 bits per heavy atom. The SMILES string of the molecule is O=CCn1nc(-c2ccncc2)cc1NC=O. The van der Waals surface area contributed by atoms with Gasteiger partial charge in [-0.1, -0.05) is 0 Å². The van der Waals surface area contributed by atoms with Gasteiger partial charge in [-0.25, -0.2) is 4.68 Å². The van der Waals surface area contributed by atoms with Crippen molar-refractivity contribution in [3.05, 3.63) is 30.6 Å². The van der Waals surface area contributed by atoms with Gasteiger partial charge in [0.05, 0.1) is 12.2 Å². The van der Waals surface area contributed by atoms with Gasteiger partial charge < -0.3 is 10.1 Å². The molecule has 0 aromatic carbocycles. The van der Waals surface area contributed by atoms with Gasteiger partial charge in [0, 0.05) is 24.0 Å². The van der Waals surface area contributed by atoms with Gasteiger partial charge in [-0.3, -0.25) is 9.78 Å². The van der Waals surface area contributed by atoms with Crippen molar-refractivity contribution in [3.8, 4) is 11.3 Å². The molecular weight excluding hydrogens is 220 g/mol. The summed E-state index contributed by atoms with van der Waals surface area (Å²) in [6.07, 6.45) is 4.58. The van der Waals surface area contributed by atoms with E-state index in [1.165, 1.54) is 4.68 Å². The topological polar surface area (TPSA) is 76.9 Å². The number of amides is 1. The molecule has 0 saturated heterocycles. The van der Waals surface area contributed by atoms with Crippen LogP contribution in [-0.4, -0.2) is 27.5 Å². The fourth-order valence-electron chi connectivity index (χ4n) is 1.47. The summed E-state index contributed by atoms with van der Waals surface area (Å²) >= 11 is 0. The number of anilines is 1. The van der Waals surface area contributed by atoms with Crippen LogP contribution >= 0.6 is 0 Å². The zero-order chi connectivity index (χ0) is 12.1. The second kappa shape index (κ2) is 5.02. The lowest BCUT2D eigenvalue weighted by atomic mass is 10.2. The van der Waals surface area contributed by atoms with E-state index in [0.29, 0.717) is 17.9 Å². The minimum atomic E-state index is 0.0985. The molecule has 0 aliphatic rings. The summed E-state index contributed by atoms with van der Waals surface area (Å²) in [5.41, 5.74) is 1.55. The van der Waals surface area contributed by atoms with Crippen LogP contribution in [0.5, 0.6) is 0 Å². The number of carbonyl (C=O) groups excluding carboxylic acids is 2. The normalized spacial score (nSPS) is 9.88. The Kier molecular flexibility index (Phi) is 3.25. The molecule has 2 aromatic heterocycles. The molecule has 0 fully saturated rings. The Hall–Kier alpha value is -2.50. The van der Waals surface area contributed by atoms with Crippen LogP contribution in [0, 0.1) is 0 Å². The van der Waals surface area contributed by atoms with Gasteiger partial charge in [0.2, 0.25) is 6.41 Å². The third-order valence-corrected chi connectivity index (χ3v) is 2.21. The summed E-state index contributed by atoms with van der Waals surface area (Å²) in [7, 11) is 0. The summed E-state index contributed by atoms with van der Waals surface area (Å²) in [5.74, 6) is 0.485. The quantitative estimate of drug-likeness (QED) is 0.767. The van der Waals surface area contributed by atoms with Crippen molar-refractivity contribution in [1.29, 1.82) is 0 Å². The number of rotatable bonds is 5. The highest BCUT2D eigenvalue weighted by atomic mass is 16.1. The van der Waals surface area contributed by atoms with E-state index in [0.717, 1.165) is 11.8 Å². The molecule has 6 heteroatoms. The Morgan fingerprint density at radius 3 is 2.71 bits per heavy atom. The highest BCUT2D eigenvalue weighted by Gasteiger charge is 2.08. The lowest BCUT2D eigenvalue weighted by Crippen LogP contribution is -2.07. The fourth-order valence-corrected chi connectivity index (χ4v) is 1.47. The summed E-state index contributed by atoms with van der Waals surface area (Å²) in [5, 5.41) is 6.72. The van der Waals surface area contributed by atoms with Gasteiger partial charge in [0.1, 0.15) is 12.1 Å². The molecule has 2 heterocycles. The van der Waals surface area contributed by atoms with Gasteiger partial charge in [-0.05, 0) is 12.1 Å². The van der Waals surface area contributed by atoms with Crippen LogP contribution in [-0.2, 0) is 16.1 Å². The number of hydrogen-bond donors (Lipinski definition) is 1. The molecule has 0 bridgehead atoms. The Balaban J connectivity index is 2.39. The minimum absolute atomic E-state index is 0.0985. The van der Waals surface area contributed by atoms with Crippen molar-refractivity contribution < 1.29 is 9.59 Å². The molecule has 86 valence electrons. The molecule has 0 unspecified atom stereocenters. The smallest absolute Gasteiger partial charge is 0.212 e. The van der Waals surface area contributed by atoms with E-state index in [-0.39, 0.29) is 6.54 Å². The van der Waals surface area contributed by atoms with Crippen molar-refractivity contribution in [2.45, 2.75) is 6.54 Å². The van der Waals surface area contributed by atoms with Gasteiger partial charge in [0.25, 0.3) is 0 Å². The van der Waals surface area contributed by atoms with Crippen LogP contribution in [0.25, 0.3) is 11.3 Å². The largest absolute Gasteiger partial charge is 0.314 e. The standard InChI is InChI=1S/C11H10N4O2/c16-6-5-15-11(13-8-17)7-10(14-15)9-1-3-12-4-2-9/h1-4,6-8H,5H2,(H,13,17). The number of aldehydes is 1. The average molecular weight is 230 g/mol. The predicted molar refractivity (Wildman–Crippen MR) is 61.2 cm³/mol. The third kappa shape index (κ3) is 2.36. The molecule has 0 spiro atoms. The molecule has 1 N–H and O–H groups in total. The average Bonchev–Trinajstić information content (AvgIpc) is 2.75. The van der Waals surface area contributed by atoms with Crippen molar-refractivity contribution >= 4 is 18.5 Å². The number of hydrogen-bond acceptors (Lipinski definition) is 4. The molecule has 0 aliphatic carbocycles. The zero-order valence-electron chi connectivity index (χ0n) is 8.91. The van der Waals surface area contributed by atoms with E-state index in [1.807, 2.05) is 0 Å². The molecule has 0 atom stereocenters. The van der Waals surface area contributed by atoms with Crippen LogP contribution in [0.3, 0.4) is 0 Å². The van der Waals surface area contributed by atoms with Gasteiger partial charge in [0.15, 0.2) is 0 Å². The van der Waals surface area contributed by atoms with Crippen LogP contribution in [0.15, 0.2) is 30.6 Å². The Labute approximate surface area is 97.3 Å². The third-order valence-electron chi connectivity index (χ3n) is 2.21. The molecule has 17 heavy (non-hydrogen) atoms.